The highest BCUT2D eigenvalue weighted by atomic mass is 32.2. The number of carbonyl (C=O) groups excluding carboxylic acids is 1. The molecule has 0 heterocycles. The van der Waals surface area contributed by atoms with Gasteiger partial charge in [0.05, 0.1) is 0 Å². The van der Waals surface area contributed by atoms with Crippen LogP contribution in [-0.4, -0.2) is 73.3 Å². The fourth-order valence-corrected chi connectivity index (χ4v) is 3.76. The van der Waals surface area contributed by atoms with Crippen LogP contribution in [0.3, 0.4) is 0 Å². The summed E-state index contributed by atoms with van der Waals surface area (Å²) in [5.41, 5.74) is 0. The first-order valence-electron chi connectivity index (χ1n) is 10.1. The molecule has 0 aliphatic heterocycles. The Balaban J connectivity index is 7.19. The number of nitrogens with one attached hydrogen (secondary N) is 1. The van der Waals surface area contributed by atoms with Gasteiger partial charge in [0.25, 0.3) is 15.8 Å². The SMILES string of the molecule is C=CC(=O)OC(F)(F)C(F)(CCCC)NS(=O)(=O)C(F)(F)C(F)(F)C(F)(F)C(F)(F)C(F)(F)C(F)(F)C(F)(F)C(F)(F)F. The van der Waals surface area contributed by atoms with Gasteiger partial charge in [0.2, 0.25) is 0 Å². The fourth-order valence-electron chi connectivity index (χ4n) is 2.52. The molecule has 0 fully saturated rings. The summed E-state index contributed by atoms with van der Waals surface area (Å²) in [6.07, 6.45) is -18.2. The Morgan fingerprint density at radius 3 is 1.35 bits per heavy atom. The summed E-state index contributed by atoms with van der Waals surface area (Å²) in [5.74, 6) is -61.7. The van der Waals surface area contributed by atoms with Crippen LogP contribution in [0.1, 0.15) is 26.2 Å². The number of esters is 1. The summed E-state index contributed by atoms with van der Waals surface area (Å²) in [6.45, 7) is 3.44. The predicted octanol–water partition coefficient (Wildman–Crippen LogP) is 7.05. The van der Waals surface area contributed by atoms with Crippen LogP contribution in [0.15, 0.2) is 12.7 Å². The third kappa shape index (κ3) is 6.04. The summed E-state index contributed by atoms with van der Waals surface area (Å²) < 4.78 is 296. The van der Waals surface area contributed by atoms with E-state index < -0.39 is 98.8 Å². The van der Waals surface area contributed by atoms with E-state index in [0.29, 0.717) is 0 Å². The predicted molar refractivity (Wildman–Crippen MR) is 97.3 cm³/mol. The van der Waals surface area contributed by atoms with Crippen molar-refractivity contribution in [2.24, 2.45) is 0 Å². The van der Waals surface area contributed by atoms with Gasteiger partial charge in [-0.1, -0.05) is 19.9 Å². The molecule has 0 radical (unpaired) electrons. The Morgan fingerprint density at radius 2 is 1.02 bits per heavy atom. The molecule has 0 aliphatic carbocycles. The van der Waals surface area contributed by atoms with Gasteiger partial charge in [0.1, 0.15) is 0 Å². The first-order valence-corrected chi connectivity index (χ1v) is 11.6. The maximum atomic E-state index is 14.9. The van der Waals surface area contributed by atoms with Crippen molar-refractivity contribution in [2.75, 3.05) is 0 Å². The molecule has 0 amide bonds. The van der Waals surface area contributed by atoms with E-state index >= 15 is 0 Å². The van der Waals surface area contributed by atoms with Crippen molar-refractivity contribution in [1.82, 2.24) is 4.72 Å². The van der Waals surface area contributed by atoms with E-state index in [9.17, 15) is 101 Å². The second kappa shape index (κ2) is 11.3. The topological polar surface area (TPSA) is 72.5 Å². The van der Waals surface area contributed by atoms with Crippen LogP contribution >= 0.6 is 0 Å². The molecule has 26 heteroatoms. The van der Waals surface area contributed by atoms with Crippen molar-refractivity contribution in [3.8, 4) is 0 Å². The van der Waals surface area contributed by atoms with Gasteiger partial charge < -0.3 is 4.74 Å². The molecule has 0 aromatic heterocycles. The Labute approximate surface area is 225 Å². The van der Waals surface area contributed by atoms with E-state index in [0.717, 1.165) is 6.92 Å². The van der Waals surface area contributed by atoms with Crippen LogP contribution in [0.4, 0.5) is 87.8 Å². The van der Waals surface area contributed by atoms with Crippen molar-refractivity contribution in [1.29, 1.82) is 0 Å². The van der Waals surface area contributed by atoms with Gasteiger partial charge in [0, 0.05) is 12.5 Å². The first kappa shape index (κ1) is 40.7. The number of halogens is 20. The number of hydrogen-bond acceptors (Lipinski definition) is 4. The number of alkyl halides is 20. The number of ether oxygens (including phenoxy) is 1. The van der Waals surface area contributed by atoms with Crippen LogP contribution in [0.25, 0.3) is 0 Å². The highest BCUT2D eigenvalue weighted by Crippen LogP contribution is 2.64. The van der Waals surface area contributed by atoms with Crippen LogP contribution in [0.2, 0.25) is 0 Å². The number of unbranched alkanes of at least 4 members (excludes halogenated alkanes) is 1. The van der Waals surface area contributed by atoms with E-state index in [-0.39, 0.29) is 6.08 Å². The average Bonchev–Trinajstić information content (AvgIpc) is 2.80. The molecule has 1 atom stereocenters. The highest BCUT2D eigenvalue weighted by Gasteiger charge is 2.96. The molecule has 0 saturated heterocycles. The van der Waals surface area contributed by atoms with Crippen LogP contribution in [-0.2, 0) is 19.6 Å². The van der Waals surface area contributed by atoms with Crippen LogP contribution < -0.4 is 4.72 Å². The normalized spacial score (nSPS) is 17.0. The molecule has 0 saturated carbocycles. The molecule has 1 N–H and O–H groups in total. The number of hydrogen-bond donors (Lipinski definition) is 1. The Hall–Kier alpha value is -2.28. The molecule has 1 unspecified atom stereocenters. The minimum atomic E-state index is -9.18. The molecular formula is C17H13F20NO4S. The molecule has 0 rings (SSSR count). The second-order valence-corrected chi connectivity index (χ2v) is 9.84. The first-order chi connectivity index (χ1) is 18.5. The lowest BCUT2D eigenvalue weighted by atomic mass is 9.91. The Kier molecular flexibility index (Phi) is 10.7. The zero-order valence-corrected chi connectivity index (χ0v) is 20.8. The molecular weight excluding hydrogens is 694 g/mol. The van der Waals surface area contributed by atoms with Crippen molar-refractivity contribution in [3.05, 3.63) is 12.7 Å². The lowest BCUT2D eigenvalue weighted by Crippen LogP contribution is -2.75. The van der Waals surface area contributed by atoms with E-state index in [1.807, 2.05) is 0 Å². The third-order valence-electron chi connectivity index (χ3n) is 5.06. The molecule has 0 aromatic rings. The van der Waals surface area contributed by atoms with Crippen molar-refractivity contribution >= 4 is 16.0 Å². The molecule has 0 aliphatic rings. The second-order valence-electron chi connectivity index (χ2n) is 8.11. The van der Waals surface area contributed by atoms with Gasteiger partial charge in [0.15, 0.2) is 0 Å². The largest absolute Gasteiger partial charge is 0.460 e. The smallest absolute Gasteiger partial charge is 0.394 e. The Bertz CT molecular complexity index is 1150. The molecule has 5 nitrogen and oxygen atoms in total. The van der Waals surface area contributed by atoms with Gasteiger partial charge in [-0.15, -0.1) is 0 Å². The highest BCUT2D eigenvalue weighted by molar-refractivity contribution is 7.90. The average molecular weight is 707 g/mol. The zero-order chi connectivity index (χ0) is 35.3. The minimum Gasteiger partial charge on any atom is -0.394 e. The van der Waals surface area contributed by atoms with Crippen LogP contribution in [0, 0.1) is 0 Å². The van der Waals surface area contributed by atoms with E-state index in [1.54, 1.807) is 0 Å². The van der Waals surface area contributed by atoms with Crippen molar-refractivity contribution in [3.63, 3.8) is 0 Å². The number of rotatable bonds is 15. The van der Waals surface area contributed by atoms with Gasteiger partial charge in [-0.25, -0.2) is 17.6 Å². The Morgan fingerprint density at radius 1 is 0.674 bits per heavy atom. The van der Waals surface area contributed by atoms with Crippen LogP contribution in [0.5, 0.6) is 0 Å². The van der Waals surface area contributed by atoms with Crippen molar-refractivity contribution < 1.29 is 106 Å². The number of sulfonamides is 1. The summed E-state index contributed by atoms with van der Waals surface area (Å²) in [5, 5.41) is -8.33. The maximum absolute atomic E-state index is 14.9. The van der Waals surface area contributed by atoms with Crippen molar-refractivity contribution in [2.45, 2.75) is 85.1 Å². The van der Waals surface area contributed by atoms with E-state index in [4.69, 9.17) is 0 Å². The zero-order valence-electron chi connectivity index (χ0n) is 20.0. The van der Waals surface area contributed by atoms with Gasteiger partial charge in [-0.05, 0) is 6.42 Å². The van der Waals surface area contributed by atoms with Gasteiger partial charge in [-0.3, -0.25) is 0 Å². The third-order valence-corrected chi connectivity index (χ3v) is 6.58. The molecule has 0 aromatic carbocycles. The molecule has 256 valence electrons. The van der Waals surface area contributed by atoms with Gasteiger partial charge >= 0.3 is 59.0 Å². The standard InChI is InChI=1S/C17H13F20NO4S/c1-3-5-6-8(18,16(34,35)42-7(39)4-2)38-43(40,41)17(36,37)14(29,30)12(25,26)10(21,22)9(19,20)11(23,24)13(27,28)15(31,32)33/h4,38H,2-3,5-6H2,1H3. The number of carbonyl (C=O) groups is 1. The lowest BCUT2D eigenvalue weighted by Gasteiger charge is -2.42. The summed E-state index contributed by atoms with van der Waals surface area (Å²) >= 11 is 0. The lowest BCUT2D eigenvalue weighted by molar-refractivity contribution is -0.458. The maximum Gasteiger partial charge on any atom is 0.460 e. The summed E-state index contributed by atoms with van der Waals surface area (Å²) in [6, 6.07) is 0. The van der Waals surface area contributed by atoms with E-state index in [1.165, 1.54) is 0 Å². The minimum absolute atomic E-state index is 0.230. The fraction of sp³-hybridized carbons (Fsp3) is 0.824. The van der Waals surface area contributed by atoms with E-state index in [2.05, 4.69) is 11.3 Å². The quantitative estimate of drug-likeness (QED) is 0.0858. The summed E-state index contributed by atoms with van der Waals surface area (Å²) in [7, 11) is -8.49. The molecule has 0 spiro atoms. The monoisotopic (exact) mass is 707 g/mol. The van der Waals surface area contributed by atoms with Gasteiger partial charge in [-0.2, -0.15) is 88.1 Å². The summed E-state index contributed by atoms with van der Waals surface area (Å²) in [4.78, 5) is 10.9. The molecule has 0 bridgehead atoms. The molecule has 43 heavy (non-hydrogen) atoms.